The molecule has 92 valence electrons. The van der Waals surface area contributed by atoms with Gasteiger partial charge in [-0.2, -0.15) is 5.10 Å². The third kappa shape index (κ3) is 1.38. The SMILES string of the molecule is CCC1Nc2c(C)nn(C)c2C2=NC(C)CN21. The second kappa shape index (κ2) is 3.48. The van der Waals surface area contributed by atoms with E-state index >= 15 is 0 Å². The van der Waals surface area contributed by atoms with Gasteiger partial charge in [0.25, 0.3) is 0 Å². The third-order valence-corrected chi connectivity index (χ3v) is 3.58. The summed E-state index contributed by atoms with van der Waals surface area (Å²) < 4.78 is 1.94. The number of aliphatic imine (C=N–C) groups is 1. The van der Waals surface area contributed by atoms with Gasteiger partial charge in [-0.1, -0.05) is 6.92 Å². The van der Waals surface area contributed by atoms with E-state index in [1.54, 1.807) is 0 Å². The van der Waals surface area contributed by atoms with Gasteiger partial charge in [0.2, 0.25) is 0 Å². The van der Waals surface area contributed by atoms with Gasteiger partial charge in [-0.15, -0.1) is 0 Å². The molecule has 3 heterocycles. The number of nitrogens with one attached hydrogen (secondary N) is 1. The van der Waals surface area contributed by atoms with Gasteiger partial charge in [-0.05, 0) is 20.3 Å². The molecule has 3 rings (SSSR count). The fraction of sp³-hybridized carbons (Fsp3) is 0.667. The summed E-state index contributed by atoms with van der Waals surface area (Å²) >= 11 is 0. The van der Waals surface area contributed by atoms with Crippen LogP contribution in [0.5, 0.6) is 0 Å². The topological polar surface area (TPSA) is 45.5 Å². The van der Waals surface area contributed by atoms with Crippen LogP contribution in [0.1, 0.15) is 31.7 Å². The van der Waals surface area contributed by atoms with Gasteiger partial charge in [0.15, 0.2) is 5.84 Å². The van der Waals surface area contributed by atoms with Gasteiger partial charge in [0.1, 0.15) is 11.9 Å². The third-order valence-electron chi connectivity index (χ3n) is 3.58. The number of nitrogens with zero attached hydrogens (tertiary/aromatic N) is 4. The van der Waals surface area contributed by atoms with Gasteiger partial charge >= 0.3 is 0 Å². The minimum atomic E-state index is 0.356. The molecule has 2 unspecified atom stereocenters. The summed E-state index contributed by atoms with van der Waals surface area (Å²) in [5.74, 6) is 1.11. The van der Waals surface area contributed by atoms with Crippen LogP contribution in [-0.4, -0.2) is 39.3 Å². The van der Waals surface area contributed by atoms with E-state index in [0.717, 1.165) is 35.9 Å². The van der Waals surface area contributed by atoms with Gasteiger partial charge in [-0.3, -0.25) is 9.67 Å². The molecule has 1 N–H and O–H groups in total. The van der Waals surface area contributed by atoms with E-state index in [-0.39, 0.29) is 0 Å². The molecule has 1 aromatic heterocycles. The van der Waals surface area contributed by atoms with E-state index in [0.29, 0.717) is 12.2 Å². The standard InChI is InChI=1S/C12H19N5/c1-5-9-14-10-8(3)15-16(4)11(10)12-13-7(2)6-17(9)12/h7,9,14H,5-6H2,1-4H3. The number of fused-ring (bicyclic) bond motifs is 3. The molecule has 0 saturated heterocycles. The van der Waals surface area contributed by atoms with Gasteiger partial charge in [0.05, 0.1) is 17.4 Å². The highest BCUT2D eigenvalue weighted by molar-refractivity contribution is 6.05. The fourth-order valence-corrected chi connectivity index (χ4v) is 2.82. The Morgan fingerprint density at radius 3 is 2.94 bits per heavy atom. The molecule has 5 heteroatoms. The van der Waals surface area contributed by atoms with E-state index in [1.807, 2.05) is 18.7 Å². The molecule has 0 aromatic carbocycles. The van der Waals surface area contributed by atoms with E-state index in [1.165, 1.54) is 0 Å². The summed E-state index contributed by atoms with van der Waals surface area (Å²) in [5, 5.41) is 8.08. The fourth-order valence-electron chi connectivity index (χ4n) is 2.82. The lowest BCUT2D eigenvalue weighted by Gasteiger charge is -2.35. The average Bonchev–Trinajstić information content (AvgIpc) is 2.78. The van der Waals surface area contributed by atoms with Crippen molar-refractivity contribution < 1.29 is 0 Å². The van der Waals surface area contributed by atoms with Gasteiger partial charge < -0.3 is 10.2 Å². The van der Waals surface area contributed by atoms with E-state index < -0.39 is 0 Å². The average molecular weight is 233 g/mol. The number of hydrogen-bond acceptors (Lipinski definition) is 4. The maximum Gasteiger partial charge on any atom is 0.153 e. The Kier molecular flexibility index (Phi) is 2.18. The molecule has 0 amide bonds. The number of aromatic nitrogens is 2. The molecule has 0 radical (unpaired) electrons. The molecule has 0 bridgehead atoms. The van der Waals surface area contributed by atoms with Crippen LogP contribution in [0.3, 0.4) is 0 Å². The molecule has 2 aliphatic heterocycles. The van der Waals surface area contributed by atoms with Crippen LogP contribution in [0.15, 0.2) is 4.99 Å². The van der Waals surface area contributed by atoms with Crippen molar-refractivity contribution in [2.75, 3.05) is 11.9 Å². The maximum atomic E-state index is 4.77. The van der Waals surface area contributed by atoms with Gasteiger partial charge in [0, 0.05) is 13.6 Å². The molecule has 17 heavy (non-hydrogen) atoms. The van der Waals surface area contributed by atoms with E-state index in [9.17, 15) is 0 Å². The Balaban J connectivity index is 2.16. The minimum absolute atomic E-state index is 0.356. The Labute approximate surface area is 102 Å². The summed E-state index contributed by atoms with van der Waals surface area (Å²) in [6, 6.07) is 0.377. The Bertz CT molecular complexity index is 487. The van der Waals surface area contributed by atoms with Crippen LogP contribution in [0, 0.1) is 6.92 Å². The van der Waals surface area contributed by atoms with Crippen molar-refractivity contribution in [1.82, 2.24) is 14.7 Å². The summed E-state index contributed by atoms with van der Waals surface area (Å²) in [6.45, 7) is 7.42. The summed E-state index contributed by atoms with van der Waals surface area (Å²) in [4.78, 5) is 7.14. The van der Waals surface area contributed by atoms with Gasteiger partial charge in [-0.25, -0.2) is 0 Å². The summed E-state index contributed by atoms with van der Waals surface area (Å²) in [7, 11) is 1.99. The van der Waals surface area contributed by atoms with Crippen molar-refractivity contribution in [3.8, 4) is 0 Å². The molecular weight excluding hydrogens is 214 g/mol. The van der Waals surface area contributed by atoms with Crippen molar-refractivity contribution in [1.29, 1.82) is 0 Å². The van der Waals surface area contributed by atoms with Crippen LogP contribution < -0.4 is 5.32 Å². The second-order valence-corrected chi connectivity index (χ2v) is 4.96. The van der Waals surface area contributed by atoms with Crippen LogP contribution >= 0.6 is 0 Å². The Morgan fingerprint density at radius 2 is 2.24 bits per heavy atom. The Morgan fingerprint density at radius 1 is 1.47 bits per heavy atom. The molecule has 0 spiro atoms. The molecule has 0 aliphatic carbocycles. The molecule has 1 aromatic rings. The van der Waals surface area contributed by atoms with Crippen LogP contribution in [-0.2, 0) is 7.05 Å². The molecule has 2 aliphatic rings. The highest BCUT2D eigenvalue weighted by Gasteiger charge is 2.37. The van der Waals surface area contributed by atoms with Crippen molar-refractivity contribution in [3.63, 3.8) is 0 Å². The summed E-state index contributed by atoms with van der Waals surface area (Å²) in [6.07, 6.45) is 1.42. The number of rotatable bonds is 1. The van der Waals surface area contributed by atoms with Crippen molar-refractivity contribution in [3.05, 3.63) is 11.4 Å². The van der Waals surface area contributed by atoms with E-state index in [2.05, 4.69) is 29.2 Å². The molecule has 0 saturated carbocycles. The molecular formula is C12H19N5. The molecule has 0 fully saturated rings. The summed E-state index contributed by atoms with van der Waals surface area (Å²) in [5.41, 5.74) is 3.35. The number of amidine groups is 1. The maximum absolute atomic E-state index is 4.77. The first-order valence-corrected chi connectivity index (χ1v) is 6.26. The quantitative estimate of drug-likeness (QED) is 0.796. The molecule has 5 nitrogen and oxygen atoms in total. The first-order valence-electron chi connectivity index (χ1n) is 6.26. The second-order valence-electron chi connectivity index (χ2n) is 4.96. The number of aryl methyl sites for hydroxylation is 2. The Hall–Kier alpha value is -1.52. The first kappa shape index (κ1) is 10.6. The number of anilines is 1. The zero-order chi connectivity index (χ0) is 12.2. The molecule has 2 atom stereocenters. The van der Waals surface area contributed by atoms with E-state index in [4.69, 9.17) is 4.99 Å². The largest absolute Gasteiger partial charge is 0.362 e. The zero-order valence-corrected chi connectivity index (χ0v) is 10.9. The smallest absolute Gasteiger partial charge is 0.153 e. The zero-order valence-electron chi connectivity index (χ0n) is 10.9. The number of hydrogen-bond donors (Lipinski definition) is 1. The predicted octanol–water partition coefficient (Wildman–Crippen LogP) is 1.34. The lowest BCUT2D eigenvalue weighted by molar-refractivity contribution is 0.336. The van der Waals surface area contributed by atoms with Crippen LogP contribution in [0.4, 0.5) is 5.69 Å². The lowest BCUT2D eigenvalue weighted by atomic mass is 10.1. The van der Waals surface area contributed by atoms with Crippen LogP contribution in [0.25, 0.3) is 0 Å². The predicted molar refractivity (Wildman–Crippen MR) is 68.4 cm³/mol. The lowest BCUT2D eigenvalue weighted by Crippen LogP contribution is -2.47. The van der Waals surface area contributed by atoms with Crippen LogP contribution in [0.2, 0.25) is 0 Å². The van der Waals surface area contributed by atoms with Crippen molar-refractivity contribution in [2.24, 2.45) is 12.0 Å². The monoisotopic (exact) mass is 233 g/mol. The minimum Gasteiger partial charge on any atom is -0.362 e. The van der Waals surface area contributed by atoms with Crippen molar-refractivity contribution >= 4 is 11.5 Å². The van der Waals surface area contributed by atoms with Crippen molar-refractivity contribution in [2.45, 2.75) is 39.4 Å². The normalized spacial score (nSPS) is 26.4. The first-order chi connectivity index (χ1) is 8.11. The highest BCUT2D eigenvalue weighted by atomic mass is 15.4. The highest BCUT2D eigenvalue weighted by Crippen LogP contribution is 2.32.